The van der Waals surface area contributed by atoms with Gasteiger partial charge in [-0.05, 0) is 47.7 Å². The lowest BCUT2D eigenvalue weighted by molar-refractivity contribution is -0.116. The lowest BCUT2D eigenvalue weighted by atomic mass is 9.78. The molecule has 1 aliphatic carbocycles. The number of rotatable bonds is 5. The molecule has 0 bridgehead atoms. The second-order valence-electron chi connectivity index (χ2n) is 8.02. The normalized spacial score (nSPS) is 19.4. The molecule has 168 valence electrons. The number of fused-ring (bicyclic) bond motifs is 1. The fourth-order valence-electron chi connectivity index (χ4n) is 4.61. The first kappa shape index (κ1) is 20.7. The number of aromatic nitrogens is 3. The Labute approximate surface area is 189 Å². The van der Waals surface area contributed by atoms with Gasteiger partial charge in [-0.25, -0.2) is 9.48 Å². The second kappa shape index (κ2) is 8.09. The molecular weight excluding hydrogens is 424 g/mol. The van der Waals surface area contributed by atoms with E-state index in [2.05, 4.69) is 15.4 Å². The van der Waals surface area contributed by atoms with E-state index in [0.717, 1.165) is 16.8 Å². The molecule has 9 heteroatoms. The van der Waals surface area contributed by atoms with Crippen LogP contribution in [0.1, 0.15) is 46.3 Å². The predicted molar refractivity (Wildman–Crippen MR) is 119 cm³/mol. The molecule has 2 atom stereocenters. The van der Waals surface area contributed by atoms with Crippen LogP contribution in [0.5, 0.6) is 11.5 Å². The third-order valence-corrected chi connectivity index (χ3v) is 6.21. The molecule has 2 N–H and O–H groups in total. The van der Waals surface area contributed by atoms with Gasteiger partial charge in [-0.3, -0.25) is 4.79 Å². The van der Waals surface area contributed by atoms with Crippen molar-refractivity contribution < 1.29 is 24.2 Å². The average Bonchev–Trinajstić information content (AvgIpc) is 3.30. The Bertz CT molecular complexity index is 1280. The van der Waals surface area contributed by atoms with Crippen molar-refractivity contribution >= 4 is 17.7 Å². The first-order chi connectivity index (χ1) is 16.0. The van der Waals surface area contributed by atoms with Crippen molar-refractivity contribution in [1.82, 2.24) is 14.8 Å². The van der Waals surface area contributed by atoms with Crippen LogP contribution in [-0.4, -0.2) is 45.8 Å². The van der Waals surface area contributed by atoms with Gasteiger partial charge in [0.15, 0.2) is 17.3 Å². The predicted octanol–water partition coefficient (Wildman–Crippen LogP) is 3.41. The highest BCUT2D eigenvalue weighted by atomic mass is 16.5. The average molecular weight is 446 g/mol. The minimum atomic E-state index is -1.00. The maximum absolute atomic E-state index is 13.5. The highest BCUT2D eigenvalue weighted by Gasteiger charge is 2.39. The molecule has 0 saturated carbocycles. The fourth-order valence-corrected chi connectivity index (χ4v) is 4.61. The first-order valence-electron chi connectivity index (χ1n) is 10.5. The number of ketones is 1. The van der Waals surface area contributed by atoms with Crippen LogP contribution in [0.3, 0.4) is 0 Å². The highest BCUT2D eigenvalue weighted by molar-refractivity contribution is 6.00. The molecule has 9 nitrogen and oxygen atoms in total. The summed E-state index contributed by atoms with van der Waals surface area (Å²) in [7, 11) is 3.17. The number of carboxylic acids is 1. The lowest BCUT2D eigenvalue weighted by Gasteiger charge is -2.35. The van der Waals surface area contributed by atoms with Crippen molar-refractivity contribution in [3.8, 4) is 11.5 Å². The number of methoxy groups -OCH3 is 2. The van der Waals surface area contributed by atoms with E-state index < -0.39 is 12.0 Å². The number of carboxylic acid groups (broad SMARTS) is 1. The topological polar surface area (TPSA) is 116 Å². The number of aromatic carboxylic acids is 1. The monoisotopic (exact) mass is 446 g/mol. The number of hydrogen-bond acceptors (Lipinski definition) is 7. The van der Waals surface area contributed by atoms with Crippen LogP contribution in [0, 0.1) is 0 Å². The number of nitrogens with zero attached hydrogens (tertiary/aromatic N) is 3. The molecule has 0 radical (unpaired) electrons. The number of Topliss-reactive ketones (excluding diaryl/α,β-unsaturated/α-hetero) is 1. The van der Waals surface area contributed by atoms with Crippen LogP contribution in [-0.2, 0) is 4.79 Å². The Kier molecular flexibility index (Phi) is 5.08. The molecule has 2 aromatic carbocycles. The summed E-state index contributed by atoms with van der Waals surface area (Å²) in [6.07, 6.45) is 2.40. The van der Waals surface area contributed by atoms with Crippen molar-refractivity contribution in [2.75, 3.05) is 19.5 Å². The molecular formula is C24H22N4O5. The van der Waals surface area contributed by atoms with Crippen molar-refractivity contribution in [3.05, 3.63) is 76.8 Å². The fraction of sp³-hybridized carbons (Fsp3) is 0.250. The zero-order valence-electron chi connectivity index (χ0n) is 18.1. The second-order valence-corrected chi connectivity index (χ2v) is 8.02. The smallest absolute Gasteiger partial charge is 0.335 e. The van der Waals surface area contributed by atoms with E-state index in [4.69, 9.17) is 9.47 Å². The number of ether oxygens (including phenoxy) is 2. The summed E-state index contributed by atoms with van der Waals surface area (Å²) in [4.78, 5) is 29.0. The van der Waals surface area contributed by atoms with E-state index >= 15 is 0 Å². The van der Waals surface area contributed by atoms with Crippen LogP contribution >= 0.6 is 0 Å². The van der Waals surface area contributed by atoms with Crippen molar-refractivity contribution in [1.29, 1.82) is 0 Å². The van der Waals surface area contributed by atoms with Gasteiger partial charge >= 0.3 is 5.97 Å². The Balaban J connectivity index is 1.54. The van der Waals surface area contributed by atoms with Crippen molar-refractivity contribution in [2.45, 2.75) is 24.8 Å². The molecule has 3 aromatic rings. The van der Waals surface area contributed by atoms with E-state index in [9.17, 15) is 14.7 Å². The first-order valence-corrected chi connectivity index (χ1v) is 10.5. The summed E-state index contributed by atoms with van der Waals surface area (Å²) in [6.45, 7) is 0. The van der Waals surface area contributed by atoms with Gasteiger partial charge in [0.2, 0.25) is 5.95 Å². The van der Waals surface area contributed by atoms with Crippen LogP contribution in [0.25, 0.3) is 0 Å². The van der Waals surface area contributed by atoms with Crippen molar-refractivity contribution in [3.63, 3.8) is 0 Å². The lowest BCUT2D eigenvalue weighted by Crippen LogP contribution is -2.33. The summed E-state index contributed by atoms with van der Waals surface area (Å²) in [5.74, 6) is 0.777. The summed E-state index contributed by atoms with van der Waals surface area (Å²) in [5.41, 5.74) is 3.39. The van der Waals surface area contributed by atoms with E-state index in [0.29, 0.717) is 35.9 Å². The molecule has 1 aromatic heterocycles. The zero-order valence-corrected chi connectivity index (χ0v) is 18.1. The molecule has 0 amide bonds. The number of nitrogens with one attached hydrogen (secondary N) is 1. The standard InChI is InChI=1S/C24H22N4O5/c1-32-19-8-7-15(11-20(19)33-2)16-9-17-21(18(29)10-16)22(28-24(27-17)25-12-26-28)13-3-5-14(6-4-13)23(30)31/h3-8,11-12,16,22H,9-10H2,1-2H3,(H,30,31)(H,25,26,27)/t16-,22+/m1/s1. The highest BCUT2D eigenvalue weighted by Crippen LogP contribution is 2.44. The van der Waals surface area contributed by atoms with Gasteiger partial charge in [0.25, 0.3) is 0 Å². The van der Waals surface area contributed by atoms with Crippen LogP contribution in [0.2, 0.25) is 0 Å². The van der Waals surface area contributed by atoms with Gasteiger partial charge in [-0.1, -0.05) is 18.2 Å². The molecule has 33 heavy (non-hydrogen) atoms. The molecule has 2 heterocycles. The molecule has 0 spiro atoms. The SMILES string of the molecule is COc1ccc([C@H]2CC(=O)C3=C(C2)Nc2ncnn2[C@H]3c2ccc(C(=O)O)cc2)cc1OC. The summed E-state index contributed by atoms with van der Waals surface area (Å²) in [5, 5.41) is 16.8. The molecule has 0 unspecified atom stereocenters. The molecule has 0 fully saturated rings. The minimum absolute atomic E-state index is 0.0111. The number of anilines is 1. The van der Waals surface area contributed by atoms with Gasteiger partial charge < -0.3 is 19.9 Å². The van der Waals surface area contributed by atoms with Gasteiger partial charge in [0, 0.05) is 17.7 Å². The number of carbonyl (C=O) groups is 2. The van der Waals surface area contributed by atoms with Crippen LogP contribution in [0.15, 0.2) is 60.1 Å². The molecule has 5 rings (SSSR count). The number of benzene rings is 2. The maximum Gasteiger partial charge on any atom is 0.335 e. The van der Waals surface area contributed by atoms with E-state index in [1.54, 1.807) is 31.0 Å². The van der Waals surface area contributed by atoms with E-state index in [1.807, 2.05) is 18.2 Å². The van der Waals surface area contributed by atoms with E-state index in [-0.39, 0.29) is 17.3 Å². The van der Waals surface area contributed by atoms with E-state index in [1.165, 1.54) is 18.5 Å². The Hall–Kier alpha value is -4.14. The maximum atomic E-state index is 13.5. The number of hydrogen-bond donors (Lipinski definition) is 2. The molecule has 2 aliphatic rings. The molecule has 0 saturated heterocycles. The molecule has 1 aliphatic heterocycles. The largest absolute Gasteiger partial charge is 0.493 e. The summed E-state index contributed by atoms with van der Waals surface area (Å²) < 4.78 is 12.4. The third kappa shape index (κ3) is 3.51. The Morgan fingerprint density at radius 2 is 1.79 bits per heavy atom. The number of allylic oxidation sites excluding steroid dienone is 2. The third-order valence-electron chi connectivity index (χ3n) is 6.21. The van der Waals surface area contributed by atoms with Gasteiger partial charge in [-0.2, -0.15) is 10.1 Å². The number of carbonyl (C=O) groups excluding carboxylic acids is 1. The quantitative estimate of drug-likeness (QED) is 0.613. The van der Waals surface area contributed by atoms with Gasteiger partial charge in [0.05, 0.1) is 19.8 Å². The zero-order chi connectivity index (χ0) is 23.1. The summed E-state index contributed by atoms with van der Waals surface area (Å²) >= 11 is 0. The van der Waals surface area contributed by atoms with Gasteiger partial charge in [-0.15, -0.1) is 0 Å². The Morgan fingerprint density at radius 3 is 2.48 bits per heavy atom. The summed E-state index contributed by atoms with van der Waals surface area (Å²) in [6, 6.07) is 11.8. The Morgan fingerprint density at radius 1 is 1.06 bits per heavy atom. The van der Waals surface area contributed by atoms with Gasteiger partial charge in [0.1, 0.15) is 12.4 Å². The minimum Gasteiger partial charge on any atom is -0.493 e. The van der Waals surface area contributed by atoms with Crippen LogP contribution in [0.4, 0.5) is 5.95 Å². The van der Waals surface area contributed by atoms with Crippen LogP contribution < -0.4 is 14.8 Å². The van der Waals surface area contributed by atoms with Crippen molar-refractivity contribution in [2.24, 2.45) is 0 Å².